The number of hydrogen-bond acceptors (Lipinski definition) is 4. The van der Waals surface area contributed by atoms with E-state index >= 15 is 0 Å². The fourth-order valence-corrected chi connectivity index (χ4v) is 4.62. The highest BCUT2D eigenvalue weighted by Crippen LogP contribution is 2.46. The molecule has 2 aromatic rings. The van der Waals surface area contributed by atoms with Gasteiger partial charge in [-0.1, -0.05) is 31.2 Å². The number of aromatic hydroxyl groups is 1. The minimum Gasteiger partial charge on any atom is -0.508 e. The van der Waals surface area contributed by atoms with E-state index in [1.54, 1.807) is 25.1 Å². The first kappa shape index (κ1) is 20.8. The third-order valence-corrected chi connectivity index (χ3v) is 6.17. The summed E-state index contributed by atoms with van der Waals surface area (Å²) in [6, 6.07) is 11.4. The van der Waals surface area contributed by atoms with Gasteiger partial charge in [-0.25, -0.2) is 9.18 Å². The summed E-state index contributed by atoms with van der Waals surface area (Å²) < 4.78 is 14.1. The Morgan fingerprint density at radius 3 is 2.58 bits per heavy atom. The summed E-state index contributed by atoms with van der Waals surface area (Å²) in [5.74, 6) is -2.51. The molecule has 0 radical (unpaired) electrons. The molecule has 4 rings (SSSR count). The Bertz CT molecular complexity index is 1150. The number of carbonyl (C=O) groups is 2. The zero-order chi connectivity index (χ0) is 22.3. The number of benzene rings is 2. The predicted octanol–water partition coefficient (Wildman–Crippen LogP) is 4.68. The van der Waals surface area contributed by atoms with E-state index in [1.165, 1.54) is 18.2 Å². The molecule has 0 fully saturated rings. The van der Waals surface area contributed by atoms with Gasteiger partial charge in [-0.15, -0.1) is 0 Å². The Morgan fingerprint density at radius 2 is 1.94 bits per heavy atom. The van der Waals surface area contributed by atoms with Crippen LogP contribution in [0.4, 0.5) is 4.39 Å². The molecule has 0 aromatic heterocycles. The number of Topliss-reactive ketones (excluding diaryl/α,β-unsaturated/α-hetero) is 1. The number of allylic oxidation sites excluding steroid dienone is 3. The smallest absolute Gasteiger partial charge is 0.334 e. The van der Waals surface area contributed by atoms with E-state index in [0.717, 1.165) is 5.56 Å². The summed E-state index contributed by atoms with van der Waals surface area (Å²) in [6.45, 7) is 3.55. The normalized spacial score (nSPS) is 21.1. The Morgan fingerprint density at radius 1 is 1.16 bits per heavy atom. The van der Waals surface area contributed by atoms with Gasteiger partial charge in [-0.2, -0.15) is 0 Å². The molecule has 0 amide bonds. The molecular formula is C25H24FNO4. The molecule has 0 saturated heterocycles. The van der Waals surface area contributed by atoms with Gasteiger partial charge in [0.2, 0.25) is 0 Å². The third-order valence-electron chi connectivity index (χ3n) is 6.17. The topological polar surface area (TPSA) is 86.6 Å². The first-order valence-corrected chi connectivity index (χ1v) is 10.3. The van der Waals surface area contributed by atoms with Crippen molar-refractivity contribution in [1.29, 1.82) is 0 Å². The Labute approximate surface area is 179 Å². The van der Waals surface area contributed by atoms with E-state index in [4.69, 9.17) is 0 Å². The van der Waals surface area contributed by atoms with E-state index in [2.05, 4.69) is 5.32 Å². The Hall–Kier alpha value is -3.41. The van der Waals surface area contributed by atoms with Gasteiger partial charge in [-0.05, 0) is 60.6 Å². The van der Waals surface area contributed by atoms with Crippen LogP contribution in [0, 0.1) is 12.7 Å². The Kier molecular flexibility index (Phi) is 5.39. The number of halogens is 1. The average Bonchev–Trinajstić information content (AvgIpc) is 2.73. The highest BCUT2D eigenvalue weighted by Gasteiger charge is 2.41. The van der Waals surface area contributed by atoms with E-state index < -0.39 is 11.9 Å². The van der Waals surface area contributed by atoms with Gasteiger partial charge < -0.3 is 15.5 Å². The molecule has 0 bridgehead atoms. The number of phenols is 1. The molecule has 5 nitrogen and oxygen atoms in total. The molecule has 1 heterocycles. The number of phenolic OH excluding ortho intramolecular Hbond substituents is 1. The van der Waals surface area contributed by atoms with Crippen molar-refractivity contribution in [2.45, 2.75) is 44.9 Å². The lowest BCUT2D eigenvalue weighted by atomic mass is 9.71. The van der Waals surface area contributed by atoms with Crippen molar-refractivity contribution >= 4 is 11.8 Å². The van der Waals surface area contributed by atoms with Gasteiger partial charge in [0.15, 0.2) is 5.78 Å². The quantitative estimate of drug-likeness (QED) is 0.668. The number of carboxylic acid groups (broad SMARTS) is 1. The first-order chi connectivity index (χ1) is 14.8. The number of rotatable bonds is 4. The molecule has 2 aromatic carbocycles. The van der Waals surface area contributed by atoms with Crippen molar-refractivity contribution < 1.29 is 24.2 Å². The monoisotopic (exact) mass is 421 g/mol. The lowest BCUT2D eigenvalue weighted by molar-refractivity contribution is -0.133. The fraction of sp³-hybridized carbons (Fsp3) is 0.280. The standard InChI is InChI=1S/C25H24FNO4/c1-3-19-24(25(30)31)22(15-5-4-6-17(28)9-15)23-20(27-19)11-16(12-21(23)29)14-8-7-13(2)18(26)10-14/h4-10,16,22,27-28H,3,11-12H2,1-2H3,(H,30,31). The van der Waals surface area contributed by atoms with Gasteiger partial charge in [0.1, 0.15) is 11.6 Å². The van der Waals surface area contributed by atoms with E-state index in [-0.39, 0.29) is 35.3 Å². The molecule has 1 aliphatic carbocycles. The van der Waals surface area contributed by atoms with E-state index in [1.807, 2.05) is 13.0 Å². The molecule has 1 aliphatic heterocycles. The van der Waals surface area contributed by atoms with Crippen molar-refractivity contribution in [3.63, 3.8) is 0 Å². The van der Waals surface area contributed by atoms with E-state index in [0.29, 0.717) is 40.9 Å². The van der Waals surface area contributed by atoms with Gasteiger partial charge in [0.05, 0.1) is 5.57 Å². The highest BCUT2D eigenvalue weighted by molar-refractivity contribution is 6.04. The van der Waals surface area contributed by atoms with Crippen LogP contribution >= 0.6 is 0 Å². The Balaban J connectivity index is 1.82. The second kappa shape index (κ2) is 8.02. The van der Waals surface area contributed by atoms with Crippen molar-refractivity contribution in [3.8, 4) is 5.75 Å². The fourth-order valence-electron chi connectivity index (χ4n) is 4.62. The van der Waals surface area contributed by atoms with Crippen molar-refractivity contribution in [2.24, 2.45) is 0 Å². The molecule has 2 atom stereocenters. The van der Waals surface area contributed by atoms with Crippen LogP contribution < -0.4 is 5.32 Å². The van der Waals surface area contributed by atoms with E-state index in [9.17, 15) is 24.2 Å². The number of aliphatic carboxylic acids is 1. The van der Waals surface area contributed by atoms with Gasteiger partial charge >= 0.3 is 5.97 Å². The summed E-state index contributed by atoms with van der Waals surface area (Å²) in [7, 11) is 0. The van der Waals surface area contributed by atoms with Gasteiger partial charge in [-0.3, -0.25) is 4.79 Å². The largest absolute Gasteiger partial charge is 0.508 e. The van der Waals surface area contributed by atoms with Crippen LogP contribution in [0.5, 0.6) is 5.75 Å². The van der Waals surface area contributed by atoms with Crippen LogP contribution in [-0.2, 0) is 9.59 Å². The summed E-state index contributed by atoms with van der Waals surface area (Å²) in [5, 5.41) is 23.2. The molecule has 2 unspecified atom stereocenters. The van der Waals surface area contributed by atoms with Crippen molar-refractivity contribution in [1.82, 2.24) is 5.32 Å². The maximum atomic E-state index is 14.1. The van der Waals surface area contributed by atoms with Crippen LogP contribution in [-0.4, -0.2) is 22.0 Å². The highest BCUT2D eigenvalue weighted by atomic mass is 19.1. The number of hydrogen-bond donors (Lipinski definition) is 3. The van der Waals surface area contributed by atoms with Crippen LogP contribution in [0.2, 0.25) is 0 Å². The average molecular weight is 421 g/mol. The summed E-state index contributed by atoms with van der Waals surface area (Å²) in [5.41, 5.74) is 3.63. The molecule has 31 heavy (non-hydrogen) atoms. The summed E-state index contributed by atoms with van der Waals surface area (Å²) in [6.07, 6.45) is 1.10. The van der Waals surface area contributed by atoms with Crippen LogP contribution in [0.1, 0.15) is 54.7 Å². The minimum absolute atomic E-state index is 0.0113. The second-order valence-corrected chi connectivity index (χ2v) is 8.13. The van der Waals surface area contributed by atoms with Crippen LogP contribution in [0.25, 0.3) is 0 Å². The predicted molar refractivity (Wildman–Crippen MR) is 114 cm³/mol. The lowest BCUT2D eigenvalue weighted by Gasteiger charge is -2.37. The maximum Gasteiger partial charge on any atom is 0.334 e. The number of dihydropyridines is 1. The summed E-state index contributed by atoms with van der Waals surface area (Å²) in [4.78, 5) is 25.5. The minimum atomic E-state index is -1.10. The number of nitrogens with one attached hydrogen (secondary N) is 1. The lowest BCUT2D eigenvalue weighted by Crippen LogP contribution is -2.36. The van der Waals surface area contributed by atoms with Gasteiger partial charge in [0, 0.05) is 29.3 Å². The SMILES string of the molecule is CCC1=C(C(=O)O)C(c2cccc(O)c2)C2=C(CC(c3ccc(C)c(F)c3)CC2=O)N1. The number of carbonyl (C=O) groups excluding carboxylic acids is 1. The molecule has 0 spiro atoms. The zero-order valence-corrected chi connectivity index (χ0v) is 17.4. The molecular weight excluding hydrogens is 397 g/mol. The number of aryl methyl sites for hydroxylation is 1. The first-order valence-electron chi connectivity index (χ1n) is 10.3. The molecule has 3 N–H and O–H groups in total. The van der Waals surface area contributed by atoms with Gasteiger partial charge in [0.25, 0.3) is 0 Å². The third kappa shape index (κ3) is 3.74. The molecule has 2 aliphatic rings. The molecule has 0 saturated carbocycles. The summed E-state index contributed by atoms with van der Waals surface area (Å²) >= 11 is 0. The molecule has 6 heteroatoms. The van der Waals surface area contributed by atoms with Crippen LogP contribution in [0.3, 0.4) is 0 Å². The van der Waals surface area contributed by atoms with Crippen molar-refractivity contribution in [2.75, 3.05) is 0 Å². The number of ketones is 1. The van der Waals surface area contributed by atoms with Crippen LogP contribution in [0.15, 0.2) is 65.0 Å². The van der Waals surface area contributed by atoms with Crippen molar-refractivity contribution in [3.05, 3.63) is 87.5 Å². The number of carboxylic acids is 1. The molecule has 160 valence electrons. The maximum absolute atomic E-state index is 14.1. The second-order valence-electron chi connectivity index (χ2n) is 8.13. The zero-order valence-electron chi connectivity index (χ0n) is 17.4.